The second-order valence-corrected chi connectivity index (χ2v) is 6.60. The van der Waals surface area contributed by atoms with E-state index in [2.05, 4.69) is 24.4 Å². The van der Waals surface area contributed by atoms with Gasteiger partial charge in [-0.25, -0.2) is 0 Å². The Morgan fingerprint density at radius 1 is 1.19 bits per heavy atom. The first-order valence-corrected chi connectivity index (χ1v) is 8.24. The lowest BCUT2D eigenvalue weighted by molar-refractivity contribution is -0.124. The highest BCUT2D eigenvalue weighted by molar-refractivity contribution is 5.77. The molecule has 1 amide bonds. The Hall–Kier alpha value is -1.51. The van der Waals surface area contributed by atoms with Crippen molar-refractivity contribution in [2.75, 3.05) is 6.61 Å². The van der Waals surface area contributed by atoms with Gasteiger partial charge >= 0.3 is 0 Å². The fourth-order valence-electron chi connectivity index (χ4n) is 3.46. The first-order chi connectivity index (χ1) is 10.2. The standard InChI is InChI=1S/C18H25NO2/c1-13-5-8-16(9-6-13)19-18(20)12-21-17-10-7-14-3-2-4-15(14)11-17/h7,10-11,13,16H,2-6,8-9,12H2,1H3,(H,19,20). The second-order valence-electron chi connectivity index (χ2n) is 6.60. The van der Waals surface area contributed by atoms with Gasteiger partial charge in [-0.2, -0.15) is 0 Å². The molecule has 1 N–H and O–H groups in total. The molecule has 114 valence electrons. The molecule has 0 aromatic heterocycles. The molecule has 3 nitrogen and oxygen atoms in total. The van der Waals surface area contributed by atoms with Crippen LogP contribution in [-0.4, -0.2) is 18.6 Å². The molecule has 21 heavy (non-hydrogen) atoms. The molecule has 0 unspecified atom stereocenters. The molecule has 1 saturated carbocycles. The average molecular weight is 287 g/mol. The number of hydrogen-bond acceptors (Lipinski definition) is 2. The zero-order valence-electron chi connectivity index (χ0n) is 12.9. The Balaban J connectivity index is 1.45. The summed E-state index contributed by atoms with van der Waals surface area (Å²) in [4.78, 5) is 12.0. The number of ether oxygens (including phenoxy) is 1. The lowest BCUT2D eigenvalue weighted by Crippen LogP contribution is -2.39. The molecule has 2 aliphatic carbocycles. The molecule has 3 rings (SSSR count). The minimum absolute atomic E-state index is 0.00931. The van der Waals surface area contributed by atoms with Gasteiger partial charge in [-0.15, -0.1) is 0 Å². The van der Waals surface area contributed by atoms with Crippen LogP contribution < -0.4 is 10.1 Å². The minimum Gasteiger partial charge on any atom is -0.484 e. The van der Waals surface area contributed by atoms with Crippen molar-refractivity contribution in [1.82, 2.24) is 5.32 Å². The van der Waals surface area contributed by atoms with E-state index in [0.29, 0.717) is 6.04 Å². The van der Waals surface area contributed by atoms with Crippen LogP contribution in [-0.2, 0) is 17.6 Å². The van der Waals surface area contributed by atoms with E-state index >= 15 is 0 Å². The van der Waals surface area contributed by atoms with Crippen molar-refractivity contribution < 1.29 is 9.53 Å². The first kappa shape index (κ1) is 14.4. The Morgan fingerprint density at radius 2 is 1.95 bits per heavy atom. The van der Waals surface area contributed by atoms with Crippen LogP contribution in [0.1, 0.15) is 50.2 Å². The number of aryl methyl sites for hydroxylation is 2. The van der Waals surface area contributed by atoms with Gasteiger partial charge in [0.1, 0.15) is 5.75 Å². The zero-order chi connectivity index (χ0) is 14.7. The largest absolute Gasteiger partial charge is 0.484 e. The SMILES string of the molecule is CC1CCC(NC(=O)COc2ccc3c(c2)CCC3)CC1. The van der Waals surface area contributed by atoms with E-state index in [1.54, 1.807) is 0 Å². The molecule has 0 atom stereocenters. The number of fused-ring (bicyclic) bond motifs is 1. The summed E-state index contributed by atoms with van der Waals surface area (Å²) < 4.78 is 5.64. The second kappa shape index (κ2) is 6.50. The smallest absolute Gasteiger partial charge is 0.258 e. The van der Waals surface area contributed by atoms with Crippen molar-refractivity contribution in [3.8, 4) is 5.75 Å². The van der Waals surface area contributed by atoms with Crippen LogP contribution in [0.4, 0.5) is 0 Å². The lowest BCUT2D eigenvalue weighted by atomic mass is 9.87. The van der Waals surface area contributed by atoms with E-state index in [-0.39, 0.29) is 12.5 Å². The fraction of sp³-hybridized carbons (Fsp3) is 0.611. The Kier molecular flexibility index (Phi) is 4.47. The van der Waals surface area contributed by atoms with Crippen molar-refractivity contribution in [1.29, 1.82) is 0 Å². The van der Waals surface area contributed by atoms with Gasteiger partial charge in [0.25, 0.3) is 5.91 Å². The molecule has 3 heteroatoms. The maximum Gasteiger partial charge on any atom is 0.258 e. The highest BCUT2D eigenvalue weighted by atomic mass is 16.5. The van der Waals surface area contributed by atoms with Crippen LogP contribution in [0.2, 0.25) is 0 Å². The summed E-state index contributed by atoms with van der Waals surface area (Å²) >= 11 is 0. The monoisotopic (exact) mass is 287 g/mol. The third-order valence-electron chi connectivity index (χ3n) is 4.82. The molecular weight excluding hydrogens is 262 g/mol. The van der Waals surface area contributed by atoms with Crippen molar-refractivity contribution >= 4 is 5.91 Å². The van der Waals surface area contributed by atoms with Gasteiger partial charge in [0.15, 0.2) is 6.61 Å². The van der Waals surface area contributed by atoms with Gasteiger partial charge < -0.3 is 10.1 Å². The molecule has 1 aromatic rings. The summed E-state index contributed by atoms with van der Waals surface area (Å²) in [5.41, 5.74) is 2.82. The van der Waals surface area contributed by atoms with E-state index in [4.69, 9.17) is 4.74 Å². The summed E-state index contributed by atoms with van der Waals surface area (Å²) in [5, 5.41) is 3.10. The normalized spacial score (nSPS) is 24.4. The molecule has 0 heterocycles. The van der Waals surface area contributed by atoms with E-state index < -0.39 is 0 Å². The predicted octanol–water partition coefficient (Wildman–Crippen LogP) is 3.25. The maximum atomic E-state index is 12.0. The number of rotatable bonds is 4. The van der Waals surface area contributed by atoms with Crippen molar-refractivity contribution in [2.45, 2.75) is 57.9 Å². The van der Waals surface area contributed by atoms with Crippen molar-refractivity contribution in [3.05, 3.63) is 29.3 Å². The summed E-state index contributed by atoms with van der Waals surface area (Å²) in [5.74, 6) is 1.64. The Morgan fingerprint density at radius 3 is 2.76 bits per heavy atom. The number of amides is 1. The van der Waals surface area contributed by atoms with Gasteiger partial charge in [0.05, 0.1) is 0 Å². The molecule has 0 saturated heterocycles. The van der Waals surface area contributed by atoms with Crippen LogP contribution in [0, 0.1) is 5.92 Å². The average Bonchev–Trinajstić information content (AvgIpc) is 2.95. The van der Waals surface area contributed by atoms with Crippen LogP contribution in [0.25, 0.3) is 0 Å². The van der Waals surface area contributed by atoms with Gasteiger partial charge in [0, 0.05) is 6.04 Å². The Bertz CT molecular complexity index is 504. The lowest BCUT2D eigenvalue weighted by Gasteiger charge is -2.26. The highest BCUT2D eigenvalue weighted by Crippen LogP contribution is 2.26. The number of benzene rings is 1. The maximum absolute atomic E-state index is 12.0. The molecule has 1 fully saturated rings. The van der Waals surface area contributed by atoms with Crippen molar-refractivity contribution in [2.24, 2.45) is 5.92 Å². The van der Waals surface area contributed by atoms with Crippen LogP contribution >= 0.6 is 0 Å². The molecule has 0 radical (unpaired) electrons. The predicted molar refractivity (Wildman–Crippen MR) is 83.5 cm³/mol. The molecule has 2 aliphatic rings. The number of carbonyl (C=O) groups excluding carboxylic acids is 1. The summed E-state index contributed by atoms with van der Waals surface area (Å²) in [7, 11) is 0. The van der Waals surface area contributed by atoms with Crippen LogP contribution in [0.5, 0.6) is 5.75 Å². The van der Waals surface area contributed by atoms with E-state index in [1.807, 2.05) is 6.07 Å². The van der Waals surface area contributed by atoms with E-state index in [0.717, 1.165) is 30.9 Å². The topological polar surface area (TPSA) is 38.3 Å². The molecule has 0 bridgehead atoms. The van der Waals surface area contributed by atoms with Gasteiger partial charge in [0.2, 0.25) is 0 Å². The van der Waals surface area contributed by atoms with Crippen molar-refractivity contribution in [3.63, 3.8) is 0 Å². The number of hydrogen-bond donors (Lipinski definition) is 1. The zero-order valence-corrected chi connectivity index (χ0v) is 12.9. The highest BCUT2D eigenvalue weighted by Gasteiger charge is 2.20. The van der Waals surface area contributed by atoms with E-state index in [9.17, 15) is 4.79 Å². The van der Waals surface area contributed by atoms with E-state index in [1.165, 1.54) is 36.8 Å². The third kappa shape index (κ3) is 3.78. The van der Waals surface area contributed by atoms with Gasteiger partial charge in [-0.3, -0.25) is 4.79 Å². The summed E-state index contributed by atoms with van der Waals surface area (Å²) in [6.45, 7) is 2.42. The quantitative estimate of drug-likeness (QED) is 0.923. The van der Waals surface area contributed by atoms with Gasteiger partial charge in [-0.05, 0) is 74.1 Å². The minimum atomic E-state index is 0.00931. The molecular formula is C18H25NO2. The van der Waals surface area contributed by atoms with Gasteiger partial charge in [-0.1, -0.05) is 13.0 Å². The molecule has 0 spiro atoms. The molecule has 0 aliphatic heterocycles. The third-order valence-corrected chi connectivity index (χ3v) is 4.82. The van der Waals surface area contributed by atoms with Crippen LogP contribution in [0.3, 0.4) is 0 Å². The summed E-state index contributed by atoms with van der Waals surface area (Å²) in [6, 6.07) is 6.56. The summed E-state index contributed by atoms with van der Waals surface area (Å²) in [6.07, 6.45) is 8.19. The van der Waals surface area contributed by atoms with Crippen LogP contribution in [0.15, 0.2) is 18.2 Å². The first-order valence-electron chi connectivity index (χ1n) is 8.24. The molecule has 1 aromatic carbocycles. The number of carbonyl (C=O) groups is 1. The fourth-order valence-corrected chi connectivity index (χ4v) is 3.46. The Labute approximate surface area is 127 Å². The number of nitrogens with one attached hydrogen (secondary N) is 1.